The van der Waals surface area contributed by atoms with E-state index in [1.165, 1.54) is 0 Å². The van der Waals surface area contributed by atoms with E-state index in [1.54, 1.807) is 0 Å². The predicted molar refractivity (Wildman–Crippen MR) is 52.3 cm³/mol. The molecule has 0 saturated carbocycles. The number of halogens is 2. The molecule has 0 amide bonds. The Bertz CT molecular complexity index is 154. The highest BCUT2D eigenvalue weighted by molar-refractivity contribution is 4.71. The minimum Gasteiger partial charge on any atom is -0.390 e. The fraction of sp³-hybridized carbons (Fsp3) is 1.00. The van der Waals surface area contributed by atoms with E-state index in [0.29, 0.717) is 19.0 Å². The van der Waals surface area contributed by atoms with Gasteiger partial charge >= 0.3 is 0 Å². The van der Waals surface area contributed by atoms with Gasteiger partial charge in [0.2, 0.25) is 0 Å². The van der Waals surface area contributed by atoms with Crippen LogP contribution in [0, 0.1) is 11.8 Å². The molecule has 3 nitrogen and oxygen atoms in total. The van der Waals surface area contributed by atoms with Gasteiger partial charge in [0.05, 0.1) is 6.54 Å². The molecule has 0 fully saturated rings. The van der Waals surface area contributed by atoms with Gasteiger partial charge in [-0.05, 0) is 24.9 Å². The van der Waals surface area contributed by atoms with Crippen molar-refractivity contribution in [3.63, 3.8) is 0 Å². The van der Waals surface area contributed by atoms with E-state index in [0.717, 1.165) is 0 Å². The number of aliphatic hydroxyl groups is 1. The van der Waals surface area contributed by atoms with Gasteiger partial charge in [-0.25, -0.2) is 8.78 Å². The Morgan fingerprint density at radius 2 is 2.00 bits per heavy atom. The summed E-state index contributed by atoms with van der Waals surface area (Å²) in [6.45, 7) is 3.34. The molecule has 1 atom stereocenters. The topological polar surface area (TPSA) is 58.3 Å². The van der Waals surface area contributed by atoms with Gasteiger partial charge in [-0.3, -0.25) is 0 Å². The molecule has 0 aliphatic carbocycles. The first-order valence-electron chi connectivity index (χ1n) is 4.82. The third kappa shape index (κ3) is 5.47. The van der Waals surface area contributed by atoms with Crippen LogP contribution in [0.3, 0.4) is 0 Å². The largest absolute Gasteiger partial charge is 0.390 e. The van der Waals surface area contributed by atoms with Crippen LogP contribution in [0.1, 0.15) is 13.8 Å². The summed E-state index contributed by atoms with van der Waals surface area (Å²) in [5.41, 5.74) is 5.48. The monoisotopic (exact) mass is 210 g/mol. The number of rotatable bonds is 7. The Balaban J connectivity index is 3.71. The van der Waals surface area contributed by atoms with Crippen LogP contribution < -0.4 is 11.1 Å². The molecule has 0 aliphatic heterocycles. The van der Waals surface area contributed by atoms with E-state index < -0.39 is 19.1 Å². The van der Waals surface area contributed by atoms with Gasteiger partial charge in [0.15, 0.2) is 0 Å². The number of nitrogens with one attached hydrogen (secondary N) is 1. The van der Waals surface area contributed by atoms with Crippen LogP contribution in [0.25, 0.3) is 0 Å². The third-order valence-electron chi connectivity index (χ3n) is 2.27. The fourth-order valence-electron chi connectivity index (χ4n) is 1.09. The highest BCUT2D eigenvalue weighted by Crippen LogP contribution is 2.11. The van der Waals surface area contributed by atoms with Crippen molar-refractivity contribution >= 4 is 0 Å². The van der Waals surface area contributed by atoms with E-state index in [-0.39, 0.29) is 5.92 Å². The number of alkyl halides is 2. The predicted octanol–water partition coefficient (Wildman–Crippen LogP) is 0.435. The normalized spacial score (nSPS) is 14.8. The lowest BCUT2D eigenvalue weighted by Crippen LogP contribution is -2.40. The first kappa shape index (κ1) is 13.7. The standard InChI is InChI=1S/C9H20F2N2O/c1-7(2)8(3-12)4-13-5-9(10,11)6-14/h7-8,13-14H,3-6,12H2,1-2H3. The third-order valence-corrected chi connectivity index (χ3v) is 2.27. The fourth-order valence-corrected chi connectivity index (χ4v) is 1.09. The van der Waals surface area contributed by atoms with Crippen LogP contribution in [0.2, 0.25) is 0 Å². The maximum absolute atomic E-state index is 12.6. The number of hydrogen-bond acceptors (Lipinski definition) is 3. The molecule has 0 saturated heterocycles. The van der Waals surface area contributed by atoms with E-state index >= 15 is 0 Å². The van der Waals surface area contributed by atoms with Crippen LogP contribution >= 0.6 is 0 Å². The molecule has 0 aromatic rings. The molecule has 0 aromatic heterocycles. The van der Waals surface area contributed by atoms with E-state index in [1.807, 2.05) is 13.8 Å². The summed E-state index contributed by atoms with van der Waals surface area (Å²) in [5.74, 6) is -2.46. The van der Waals surface area contributed by atoms with Crippen LogP contribution in [-0.2, 0) is 0 Å². The van der Waals surface area contributed by atoms with Gasteiger partial charge in [-0.1, -0.05) is 13.8 Å². The van der Waals surface area contributed by atoms with Crippen molar-refractivity contribution in [2.24, 2.45) is 17.6 Å². The van der Waals surface area contributed by atoms with Crippen molar-refractivity contribution in [2.45, 2.75) is 19.8 Å². The smallest absolute Gasteiger partial charge is 0.282 e. The summed E-state index contributed by atoms with van der Waals surface area (Å²) in [6.07, 6.45) is 0. The van der Waals surface area contributed by atoms with Crippen molar-refractivity contribution in [3.05, 3.63) is 0 Å². The van der Waals surface area contributed by atoms with Gasteiger partial charge in [0, 0.05) is 0 Å². The maximum atomic E-state index is 12.6. The summed E-state index contributed by atoms with van der Waals surface area (Å²) in [6, 6.07) is 0. The van der Waals surface area contributed by atoms with Gasteiger partial charge < -0.3 is 16.2 Å². The van der Waals surface area contributed by atoms with Crippen LogP contribution in [0.4, 0.5) is 8.78 Å². The second-order valence-corrected chi connectivity index (χ2v) is 3.88. The Kier molecular flexibility index (Phi) is 6.15. The molecule has 1 unspecified atom stereocenters. The molecule has 86 valence electrons. The number of aliphatic hydroxyl groups excluding tert-OH is 1. The van der Waals surface area contributed by atoms with Gasteiger partial charge in [0.1, 0.15) is 6.61 Å². The zero-order valence-corrected chi connectivity index (χ0v) is 8.76. The van der Waals surface area contributed by atoms with E-state index in [2.05, 4.69) is 5.32 Å². The van der Waals surface area contributed by atoms with Gasteiger partial charge in [0.25, 0.3) is 5.92 Å². The zero-order chi connectivity index (χ0) is 11.2. The molecule has 14 heavy (non-hydrogen) atoms. The minimum atomic E-state index is -3.03. The van der Waals surface area contributed by atoms with E-state index in [4.69, 9.17) is 10.8 Å². The molecule has 0 bridgehead atoms. The minimum absolute atomic E-state index is 0.199. The quantitative estimate of drug-likeness (QED) is 0.571. The SMILES string of the molecule is CC(C)C(CN)CNCC(F)(F)CO. The lowest BCUT2D eigenvalue weighted by molar-refractivity contribution is -0.0481. The molecule has 0 rings (SSSR count). The Labute approximate surface area is 83.7 Å². The van der Waals surface area contributed by atoms with Crippen LogP contribution in [-0.4, -0.2) is 37.3 Å². The lowest BCUT2D eigenvalue weighted by atomic mass is 9.96. The summed E-state index contributed by atoms with van der Waals surface area (Å²) in [4.78, 5) is 0. The molecule has 0 heterocycles. The Morgan fingerprint density at radius 3 is 2.36 bits per heavy atom. The first-order valence-corrected chi connectivity index (χ1v) is 4.82. The van der Waals surface area contributed by atoms with Gasteiger partial charge in [-0.2, -0.15) is 0 Å². The zero-order valence-electron chi connectivity index (χ0n) is 8.76. The van der Waals surface area contributed by atoms with Crippen molar-refractivity contribution < 1.29 is 13.9 Å². The number of nitrogens with two attached hydrogens (primary N) is 1. The van der Waals surface area contributed by atoms with Crippen molar-refractivity contribution in [3.8, 4) is 0 Å². The summed E-state index contributed by atoms with van der Waals surface area (Å²) in [5, 5.41) is 10.9. The summed E-state index contributed by atoms with van der Waals surface area (Å²) >= 11 is 0. The second-order valence-electron chi connectivity index (χ2n) is 3.88. The molecule has 5 heteroatoms. The van der Waals surface area contributed by atoms with Gasteiger partial charge in [-0.15, -0.1) is 0 Å². The molecule has 4 N–H and O–H groups in total. The van der Waals surface area contributed by atoms with Crippen molar-refractivity contribution in [1.82, 2.24) is 5.32 Å². The summed E-state index contributed by atoms with van der Waals surface area (Å²) in [7, 11) is 0. The van der Waals surface area contributed by atoms with Crippen molar-refractivity contribution in [1.29, 1.82) is 0 Å². The lowest BCUT2D eigenvalue weighted by Gasteiger charge is -2.21. The molecule has 0 aliphatic rings. The Hall–Kier alpha value is -0.260. The molecule has 0 radical (unpaired) electrons. The second kappa shape index (κ2) is 6.27. The van der Waals surface area contributed by atoms with Crippen LogP contribution in [0.15, 0.2) is 0 Å². The molecule has 0 aromatic carbocycles. The molecule has 0 spiro atoms. The Morgan fingerprint density at radius 1 is 1.43 bits per heavy atom. The highest BCUT2D eigenvalue weighted by Gasteiger charge is 2.27. The average molecular weight is 210 g/mol. The first-order chi connectivity index (χ1) is 6.43. The maximum Gasteiger partial charge on any atom is 0.282 e. The van der Waals surface area contributed by atoms with Crippen molar-refractivity contribution in [2.75, 3.05) is 26.2 Å². The van der Waals surface area contributed by atoms with E-state index in [9.17, 15) is 8.78 Å². The highest BCUT2D eigenvalue weighted by atomic mass is 19.3. The molecular formula is C9H20F2N2O. The number of hydrogen-bond donors (Lipinski definition) is 3. The average Bonchev–Trinajstić information content (AvgIpc) is 2.12. The molecular weight excluding hydrogens is 190 g/mol. The van der Waals surface area contributed by atoms with Crippen LogP contribution in [0.5, 0.6) is 0 Å². The summed E-state index contributed by atoms with van der Waals surface area (Å²) < 4.78 is 25.1.